The van der Waals surface area contributed by atoms with E-state index in [-0.39, 0.29) is 23.3 Å². The summed E-state index contributed by atoms with van der Waals surface area (Å²) in [6.45, 7) is 3.12. The van der Waals surface area contributed by atoms with Crippen LogP contribution in [0.25, 0.3) is 10.9 Å². The number of H-pyrrole nitrogens is 1. The number of likely N-dealkylation sites (tertiary alicyclic amines) is 1. The molecule has 2 aromatic carbocycles. The molecule has 1 saturated heterocycles. The number of aliphatic hydroxyl groups excluding tert-OH is 1. The molecule has 36 heavy (non-hydrogen) atoms. The Balaban J connectivity index is 1.19. The van der Waals surface area contributed by atoms with Gasteiger partial charge in [-0.2, -0.15) is 0 Å². The van der Waals surface area contributed by atoms with Gasteiger partial charge in [0.25, 0.3) is 0 Å². The van der Waals surface area contributed by atoms with Gasteiger partial charge in [0, 0.05) is 43.5 Å². The van der Waals surface area contributed by atoms with E-state index in [0.29, 0.717) is 52.6 Å². The van der Waals surface area contributed by atoms with Gasteiger partial charge in [0.2, 0.25) is 11.5 Å². The van der Waals surface area contributed by atoms with Crippen LogP contribution in [0.2, 0.25) is 10.0 Å². The lowest BCUT2D eigenvalue weighted by molar-refractivity contribution is -0.121. The number of fused-ring (bicyclic) bond motifs is 1. The summed E-state index contributed by atoms with van der Waals surface area (Å²) in [5.41, 5.74) is 1.46. The summed E-state index contributed by atoms with van der Waals surface area (Å²) >= 11 is 12.2. The number of rotatable bonds is 9. The Labute approximate surface area is 219 Å². The number of benzene rings is 2. The van der Waals surface area contributed by atoms with Crippen LogP contribution in [0.15, 0.2) is 47.3 Å². The van der Waals surface area contributed by atoms with Crippen molar-refractivity contribution in [3.63, 3.8) is 0 Å². The van der Waals surface area contributed by atoms with E-state index in [9.17, 15) is 19.8 Å². The number of aromatic nitrogens is 1. The van der Waals surface area contributed by atoms with Crippen molar-refractivity contribution in [1.29, 1.82) is 0 Å². The summed E-state index contributed by atoms with van der Waals surface area (Å²) in [4.78, 5) is 28.8. The van der Waals surface area contributed by atoms with Crippen LogP contribution in [0, 0.1) is 0 Å². The number of pyridine rings is 1. The van der Waals surface area contributed by atoms with Gasteiger partial charge >= 0.3 is 0 Å². The number of carbonyl (C=O) groups is 1. The number of phenolic OH excluding ortho intramolecular Hbond substituents is 1. The third kappa shape index (κ3) is 6.57. The smallest absolute Gasteiger partial charge is 0.248 e. The monoisotopic (exact) mass is 532 g/mol. The van der Waals surface area contributed by atoms with Crippen LogP contribution in [0.5, 0.6) is 5.75 Å². The molecule has 0 spiro atoms. The minimum atomic E-state index is -0.784. The van der Waals surface area contributed by atoms with Crippen LogP contribution in [0.4, 0.5) is 0 Å². The number of halogens is 2. The molecule has 3 aromatic rings. The topological polar surface area (TPSA) is 118 Å². The van der Waals surface area contributed by atoms with E-state index in [1.165, 1.54) is 12.1 Å². The SMILES string of the molecule is O=C(CCN1CCC(NC[C@@H](O)c2ccc(O)c3[nH]c(=O)ccc23)CC1)NCc1cccc(Cl)c1Cl. The number of piperidine rings is 1. The summed E-state index contributed by atoms with van der Waals surface area (Å²) in [6.07, 6.45) is 1.45. The number of aromatic hydroxyl groups is 1. The molecule has 0 unspecified atom stereocenters. The molecule has 2 heterocycles. The normalized spacial score (nSPS) is 15.8. The van der Waals surface area contributed by atoms with E-state index < -0.39 is 6.10 Å². The van der Waals surface area contributed by atoms with Gasteiger partial charge in [0.1, 0.15) is 5.75 Å². The lowest BCUT2D eigenvalue weighted by Gasteiger charge is -2.32. The summed E-state index contributed by atoms with van der Waals surface area (Å²) in [7, 11) is 0. The van der Waals surface area contributed by atoms with Gasteiger partial charge in [-0.3, -0.25) is 9.59 Å². The van der Waals surface area contributed by atoms with Crippen LogP contribution < -0.4 is 16.2 Å². The Morgan fingerprint density at radius 1 is 1.14 bits per heavy atom. The Morgan fingerprint density at radius 3 is 2.69 bits per heavy atom. The highest BCUT2D eigenvalue weighted by molar-refractivity contribution is 6.42. The van der Waals surface area contributed by atoms with Crippen molar-refractivity contribution in [1.82, 2.24) is 20.5 Å². The van der Waals surface area contributed by atoms with E-state index in [2.05, 4.69) is 20.5 Å². The third-order valence-electron chi connectivity index (χ3n) is 6.62. The average molecular weight is 533 g/mol. The molecule has 4 rings (SSSR count). The van der Waals surface area contributed by atoms with Gasteiger partial charge in [0.05, 0.1) is 21.7 Å². The highest BCUT2D eigenvalue weighted by Crippen LogP contribution is 2.29. The predicted molar refractivity (Wildman–Crippen MR) is 142 cm³/mol. The lowest BCUT2D eigenvalue weighted by atomic mass is 10.0. The van der Waals surface area contributed by atoms with Gasteiger partial charge in [0.15, 0.2) is 0 Å². The van der Waals surface area contributed by atoms with Crippen molar-refractivity contribution in [2.45, 2.75) is 38.0 Å². The molecule has 10 heteroatoms. The summed E-state index contributed by atoms with van der Waals surface area (Å²) < 4.78 is 0. The first-order chi connectivity index (χ1) is 17.3. The maximum Gasteiger partial charge on any atom is 0.248 e. The van der Waals surface area contributed by atoms with Crippen LogP contribution in [0.3, 0.4) is 0 Å². The second-order valence-corrected chi connectivity index (χ2v) is 9.85. The number of aromatic amines is 1. The van der Waals surface area contributed by atoms with Gasteiger partial charge < -0.3 is 30.7 Å². The fourth-order valence-corrected chi connectivity index (χ4v) is 4.91. The first-order valence-corrected chi connectivity index (χ1v) is 12.8. The van der Waals surface area contributed by atoms with E-state index in [1.807, 2.05) is 12.1 Å². The Morgan fingerprint density at radius 2 is 1.92 bits per heavy atom. The van der Waals surface area contributed by atoms with Gasteiger partial charge in [-0.1, -0.05) is 41.4 Å². The standard InChI is InChI=1S/C26H30Cl2N4O4/c27-20-3-1-2-16(25(20)28)14-30-23(35)10-13-32-11-8-17(9-12-32)29-15-22(34)18-4-6-21(33)26-19(18)5-7-24(36)31-26/h1-7,17,22,29,33-34H,8-15H2,(H,30,35)(H,31,36)/t22-/m1/s1. The zero-order chi connectivity index (χ0) is 25.7. The third-order valence-corrected chi connectivity index (χ3v) is 7.47. The summed E-state index contributed by atoms with van der Waals surface area (Å²) in [5.74, 6) is -0.0576. The summed E-state index contributed by atoms with van der Waals surface area (Å²) in [6, 6.07) is 11.8. The Bertz CT molecular complexity index is 1270. The van der Waals surface area contributed by atoms with E-state index in [4.69, 9.17) is 23.2 Å². The second kappa shape index (κ2) is 12.1. The van der Waals surface area contributed by atoms with Crippen LogP contribution in [-0.2, 0) is 11.3 Å². The Kier molecular flexibility index (Phi) is 8.87. The van der Waals surface area contributed by atoms with Crippen molar-refractivity contribution in [3.05, 3.63) is 74.0 Å². The summed E-state index contributed by atoms with van der Waals surface area (Å²) in [5, 5.41) is 28.7. The van der Waals surface area contributed by atoms with Crippen molar-refractivity contribution in [2.75, 3.05) is 26.2 Å². The first kappa shape index (κ1) is 26.4. The van der Waals surface area contributed by atoms with Gasteiger partial charge in [-0.25, -0.2) is 0 Å². The molecule has 0 aliphatic carbocycles. The molecule has 8 nitrogen and oxygen atoms in total. The lowest BCUT2D eigenvalue weighted by Crippen LogP contribution is -2.44. The van der Waals surface area contributed by atoms with Crippen LogP contribution in [-0.4, -0.2) is 58.2 Å². The van der Waals surface area contributed by atoms with Gasteiger partial charge in [-0.15, -0.1) is 0 Å². The van der Waals surface area contributed by atoms with E-state index >= 15 is 0 Å². The number of nitrogens with zero attached hydrogens (tertiary/aromatic N) is 1. The molecular weight excluding hydrogens is 503 g/mol. The van der Waals surface area contributed by atoms with Crippen LogP contribution >= 0.6 is 23.2 Å². The van der Waals surface area contributed by atoms with E-state index in [1.54, 1.807) is 18.2 Å². The molecule has 192 valence electrons. The number of amides is 1. The second-order valence-electron chi connectivity index (χ2n) is 9.06. The van der Waals surface area contributed by atoms with Crippen molar-refractivity contribution in [2.24, 2.45) is 0 Å². The number of aliphatic hydroxyl groups is 1. The molecule has 1 aromatic heterocycles. The van der Waals surface area contributed by atoms with Crippen LogP contribution in [0.1, 0.15) is 36.5 Å². The number of nitrogens with one attached hydrogen (secondary N) is 3. The molecule has 0 saturated carbocycles. The maximum absolute atomic E-state index is 12.3. The van der Waals surface area contributed by atoms with Crippen molar-refractivity contribution in [3.8, 4) is 5.75 Å². The Hall–Kier alpha value is -2.62. The number of phenols is 1. The number of hydrogen-bond acceptors (Lipinski definition) is 6. The number of hydrogen-bond donors (Lipinski definition) is 5. The molecule has 1 amide bonds. The van der Waals surface area contributed by atoms with E-state index in [0.717, 1.165) is 31.5 Å². The predicted octanol–water partition coefficient (Wildman–Crippen LogP) is 3.33. The highest BCUT2D eigenvalue weighted by Gasteiger charge is 2.21. The molecule has 5 N–H and O–H groups in total. The van der Waals surface area contributed by atoms with Gasteiger partial charge in [-0.05, 0) is 55.3 Å². The largest absolute Gasteiger partial charge is 0.506 e. The molecule has 1 aliphatic rings. The first-order valence-electron chi connectivity index (χ1n) is 12.0. The molecule has 0 bridgehead atoms. The minimum absolute atomic E-state index is 0.0269. The molecule has 1 atom stereocenters. The molecular formula is C26H30Cl2N4O4. The molecule has 1 aliphatic heterocycles. The zero-order valence-electron chi connectivity index (χ0n) is 19.8. The zero-order valence-corrected chi connectivity index (χ0v) is 21.3. The highest BCUT2D eigenvalue weighted by atomic mass is 35.5. The fraction of sp³-hybridized carbons (Fsp3) is 0.385. The van der Waals surface area contributed by atoms with Crippen molar-refractivity contribution < 1.29 is 15.0 Å². The number of carbonyl (C=O) groups excluding carboxylic acids is 1. The quantitative estimate of drug-likeness (QED) is 0.288. The average Bonchev–Trinajstić information content (AvgIpc) is 2.88. The minimum Gasteiger partial charge on any atom is -0.506 e. The fourth-order valence-electron chi connectivity index (χ4n) is 4.53. The van der Waals surface area contributed by atoms with Crippen molar-refractivity contribution >= 4 is 40.0 Å². The maximum atomic E-state index is 12.3. The molecule has 0 radical (unpaired) electrons. The molecule has 1 fully saturated rings.